The van der Waals surface area contributed by atoms with Crippen molar-refractivity contribution in [3.63, 3.8) is 0 Å². The molecular formula is C21H26N4O. The maximum atomic E-state index is 12.5. The second-order valence-corrected chi connectivity index (χ2v) is 6.70. The lowest BCUT2D eigenvalue weighted by Crippen LogP contribution is -2.27. The lowest BCUT2D eigenvalue weighted by atomic mass is 9.97. The number of para-hydroxylation sites is 1. The Bertz CT molecular complexity index is 786. The van der Waals surface area contributed by atoms with Crippen LogP contribution in [0.15, 0.2) is 48.0 Å². The number of amides is 1. The number of hydrogen-bond donors (Lipinski definition) is 1. The zero-order valence-corrected chi connectivity index (χ0v) is 15.5. The molecule has 5 heteroatoms. The summed E-state index contributed by atoms with van der Waals surface area (Å²) in [4.78, 5) is 23.3. The second kappa shape index (κ2) is 8.61. The van der Waals surface area contributed by atoms with E-state index in [9.17, 15) is 4.79 Å². The van der Waals surface area contributed by atoms with E-state index in [1.165, 1.54) is 24.8 Å². The molecule has 0 aliphatic heterocycles. The molecule has 1 amide bonds. The normalized spacial score (nSPS) is 13.8. The number of allylic oxidation sites excluding steroid dienone is 1. The van der Waals surface area contributed by atoms with Crippen LogP contribution in [0, 0.1) is 6.92 Å². The highest BCUT2D eigenvalue weighted by Crippen LogP contribution is 2.21. The predicted octanol–water partition coefficient (Wildman–Crippen LogP) is 4.17. The standard InChI is InChI=1S/C21H26N4O/c1-16-15-19(20(26)22-14-13-17-9-5-3-6-10-17)24-21(23-16)25(2)18-11-7-4-8-12-18/h4,7-9,11-12,15H,3,5-6,10,13-14H2,1-2H3,(H,22,26). The van der Waals surface area contributed by atoms with E-state index in [0.717, 1.165) is 24.2 Å². The SMILES string of the molecule is Cc1cc(C(=O)NCCC2=CCCCC2)nc(N(C)c2ccccc2)n1. The number of rotatable bonds is 6. The van der Waals surface area contributed by atoms with Crippen LogP contribution < -0.4 is 10.2 Å². The van der Waals surface area contributed by atoms with E-state index in [4.69, 9.17) is 0 Å². The smallest absolute Gasteiger partial charge is 0.270 e. The Hall–Kier alpha value is -2.69. The molecule has 2 aromatic rings. The molecule has 5 nitrogen and oxygen atoms in total. The number of carbonyl (C=O) groups is 1. The van der Waals surface area contributed by atoms with Gasteiger partial charge in [0.1, 0.15) is 5.69 Å². The molecule has 0 fully saturated rings. The van der Waals surface area contributed by atoms with Gasteiger partial charge in [-0.3, -0.25) is 4.79 Å². The number of anilines is 2. The summed E-state index contributed by atoms with van der Waals surface area (Å²) in [7, 11) is 1.90. The summed E-state index contributed by atoms with van der Waals surface area (Å²) in [5.41, 5.74) is 3.62. The molecule has 0 unspecified atom stereocenters. The minimum atomic E-state index is -0.144. The summed E-state index contributed by atoms with van der Waals surface area (Å²) in [6, 6.07) is 11.6. The van der Waals surface area contributed by atoms with Crippen LogP contribution in [0.4, 0.5) is 11.6 Å². The third-order valence-corrected chi connectivity index (χ3v) is 4.64. The maximum Gasteiger partial charge on any atom is 0.270 e. The molecule has 26 heavy (non-hydrogen) atoms. The lowest BCUT2D eigenvalue weighted by Gasteiger charge is -2.18. The molecule has 136 valence electrons. The van der Waals surface area contributed by atoms with Crippen molar-refractivity contribution in [2.75, 3.05) is 18.5 Å². The molecule has 0 spiro atoms. The van der Waals surface area contributed by atoms with Gasteiger partial charge in [-0.05, 0) is 57.2 Å². The number of aryl methyl sites for hydroxylation is 1. The zero-order chi connectivity index (χ0) is 18.4. The quantitative estimate of drug-likeness (QED) is 0.794. The van der Waals surface area contributed by atoms with Gasteiger partial charge in [-0.2, -0.15) is 0 Å². The van der Waals surface area contributed by atoms with Gasteiger partial charge in [0.2, 0.25) is 5.95 Å². The Balaban J connectivity index is 1.66. The molecule has 1 N–H and O–H groups in total. The van der Waals surface area contributed by atoms with Crippen molar-refractivity contribution in [1.82, 2.24) is 15.3 Å². The second-order valence-electron chi connectivity index (χ2n) is 6.70. The average molecular weight is 350 g/mol. The van der Waals surface area contributed by atoms with E-state index < -0.39 is 0 Å². The van der Waals surface area contributed by atoms with Crippen molar-refractivity contribution in [3.05, 3.63) is 59.4 Å². The molecule has 0 radical (unpaired) electrons. The number of hydrogen-bond acceptors (Lipinski definition) is 4. The molecule has 0 saturated heterocycles. The topological polar surface area (TPSA) is 58.1 Å². The van der Waals surface area contributed by atoms with Crippen molar-refractivity contribution in [3.8, 4) is 0 Å². The van der Waals surface area contributed by atoms with Crippen LogP contribution in [0.3, 0.4) is 0 Å². The first-order valence-electron chi connectivity index (χ1n) is 9.24. The summed E-state index contributed by atoms with van der Waals surface area (Å²) in [5, 5.41) is 2.99. The fraction of sp³-hybridized carbons (Fsp3) is 0.381. The Morgan fingerprint density at radius 3 is 2.73 bits per heavy atom. The Morgan fingerprint density at radius 2 is 2.00 bits per heavy atom. The van der Waals surface area contributed by atoms with Crippen molar-refractivity contribution in [2.45, 2.75) is 39.0 Å². The van der Waals surface area contributed by atoms with Gasteiger partial charge in [0.25, 0.3) is 5.91 Å². The van der Waals surface area contributed by atoms with Gasteiger partial charge in [0.15, 0.2) is 0 Å². The Morgan fingerprint density at radius 1 is 1.19 bits per heavy atom. The van der Waals surface area contributed by atoms with E-state index in [-0.39, 0.29) is 5.91 Å². The fourth-order valence-corrected chi connectivity index (χ4v) is 3.15. The Kier molecular flexibility index (Phi) is 6.00. The summed E-state index contributed by atoms with van der Waals surface area (Å²) in [6.45, 7) is 2.53. The highest BCUT2D eigenvalue weighted by atomic mass is 16.1. The minimum Gasteiger partial charge on any atom is -0.350 e. The lowest BCUT2D eigenvalue weighted by molar-refractivity contribution is 0.0949. The monoisotopic (exact) mass is 350 g/mol. The van der Waals surface area contributed by atoms with E-state index in [2.05, 4.69) is 21.4 Å². The van der Waals surface area contributed by atoms with Gasteiger partial charge < -0.3 is 10.2 Å². The first-order valence-corrected chi connectivity index (χ1v) is 9.24. The summed E-state index contributed by atoms with van der Waals surface area (Å²) >= 11 is 0. The van der Waals surface area contributed by atoms with Crippen molar-refractivity contribution >= 4 is 17.5 Å². The number of benzene rings is 1. The third-order valence-electron chi connectivity index (χ3n) is 4.64. The van der Waals surface area contributed by atoms with E-state index >= 15 is 0 Å². The van der Waals surface area contributed by atoms with Crippen molar-refractivity contribution < 1.29 is 4.79 Å². The van der Waals surface area contributed by atoms with Crippen LogP contribution in [0.1, 0.15) is 48.3 Å². The van der Waals surface area contributed by atoms with Crippen LogP contribution >= 0.6 is 0 Å². The highest BCUT2D eigenvalue weighted by Gasteiger charge is 2.14. The Labute approximate surface area is 155 Å². The van der Waals surface area contributed by atoms with Gasteiger partial charge in [0, 0.05) is 25.0 Å². The number of aromatic nitrogens is 2. The van der Waals surface area contributed by atoms with Gasteiger partial charge >= 0.3 is 0 Å². The van der Waals surface area contributed by atoms with Gasteiger partial charge in [-0.1, -0.05) is 29.8 Å². The fourth-order valence-electron chi connectivity index (χ4n) is 3.15. The zero-order valence-electron chi connectivity index (χ0n) is 15.5. The van der Waals surface area contributed by atoms with Gasteiger partial charge in [0.05, 0.1) is 0 Å². The van der Waals surface area contributed by atoms with Crippen LogP contribution in [-0.2, 0) is 0 Å². The van der Waals surface area contributed by atoms with Crippen LogP contribution in [0.25, 0.3) is 0 Å². The highest BCUT2D eigenvalue weighted by molar-refractivity contribution is 5.92. The summed E-state index contributed by atoms with van der Waals surface area (Å²) < 4.78 is 0. The van der Waals surface area contributed by atoms with Gasteiger partial charge in [-0.25, -0.2) is 9.97 Å². The maximum absolute atomic E-state index is 12.5. The molecule has 1 aromatic heterocycles. The van der Waals surface area contributed by atoms with Crippen LogP contribution in [-0.4, -0.2) is 29.5 Å². The first kappa shape index (κ1) is 18.1. The van der Waals surface area contributed by atoms with E-state index in [1.807, 2.05) is 49.2 Å². The van der Waals surface area contributed by atoms with Crippen molar-refractivity contribution in [1.29, 1.82) is 0 Å². The molecule has 1 aliphatic rings. The molecule has 1 aliphatic carbocycles. The predicted molar refractivity (Wildman–Crippen MR) is 105 cm³/mol. The number of carbonyl (C=O) groups excluding carboxylic acids is 1. The van der Waals surface area contributed by atoms with Crippen LogP contribution in [0.5, 0.6) is 0 Å². The number of nitrogens with one attached hydrogen (secondary N) is 1. The summed E-state index contributed by atoms with van der Waals surface area (Å²) in [6.07, 6.45) is 8.12. The molecule has 0 saturated carbocycles. The third kappa shape index (κ3) is 4.69. The van der Waals surface area contributed by atoms with Crippen molar-refractivity contribution in [2.24, 2.45) is 0 Å². The molecule has 0 atom stereocenters. The summed E-state index contributed by atoms with van der Waals surface area (Å²) in [5.74, 6) is 0.381. The molecule has 3 rings (SSSR count). The minimum absolute atomic E-state index is 0.144. The molecule has 0 bridgehead atoms. The number of nitrogens with zero attached hydrogens (tertiary/aromatic N) is 3. The van der Waals surface area contributed by atoms with E-state index in [1.54, 1.807) is 6.07 Å². The average Bonchev–Trinajstić information content (AvgIpc) is 2.68. The molecule has 1 heterocycles. The first-order chi connectivity index (χ1) is 12.6. The largest absolute Gasteiger partial charge is 0.350 e. The van der Waals surface area contributed by atoms with Gasteiger partial charge in [-0.15, -0.1) is 0 Å². The van der Waals surface area contributed by atoms with E-state index in [0.29, 0.717) is 18.2 Å². The molecule has 1 aromatic carbocycles. The molecular weight excluding hydrogens is 324 g/mol. The van der Waals surface area contributed by atoms with Crippen LogP contribution in [0.2, 0.25) is 0 Å².